The quantitative estimate of drug-likeness (QED) is 0.491. The third kappa shape index (κ3) is 3.91. The summed E-state index contributed by atoms with van der Waals surface area (Å²) >= 11 is 0. The summed E-state index contributed by atoms with van der Waals surface area (Å²) in [6, 6.07) is 18.0. The summed E-state index contributed by atoms with van der Waals surface area (Å²) in [5.74, 6) is 1.18. The van der Waals surface area contributed by atoms with Crippen LogP contribution in [0, 0.1) is 0 Å². The van der Waals surface area contributed by atoms with Gasteiger partial charge in [0.25, 0.3) is 0 Å². The highest BCUT2D eigenvalue weighted by atomic mass is 16.5. The maximum Gasteiger partial charge on any atom is 0.153 e. The maximum atomic E-state index is 6.20. The molecule has 0 aliphatic rings. The van der Waals surface area contributed by atoms with Crippen LogP contribution in [0.1, 0.15) is 5.56 Å². The fourth-order valence-corrected chi connectivity index (χ4v) is 3.05. The maximum absolute atomic E-state index is 6.20. The minimum atomic E-state index is -0.0851. The lowest BCUT2D eigenvalue weighted by Gasteiger charge is -2.14. The van der Waals surface area contributed by atoms with Gasteiger partial charge in [0.05, 0.1) is 11.7 Å². The van der Waals surface area contributed by atoms with Crippen molar-refractivity contribution in [3.63, 3.8) is 0 Å². The van der Waals surface area contributed by atoms with Gasteiger partial charge < -0.3 is 16.2 Å². The normalized spacial score (nSPS) is 12.2. The molecule has 0 fully saturated rings. The molecule has 4 rings (SSSR count). The number of nitrogens with two attached hydrogens (primary N) is 2. The van der Waals surface area contributed by atoms with Crippen LogP contribution in [0.25, 0.3) is 22.0 Å². The summed E-state index contributed by atoms with van der Waals surface area (Å²) in [6.07, 6.45) is 4.27. The number of aromatic nitrogens is 3. The standard InChI is InChI=1S/C21H21N5O/c22-17(8-14-4-2-1-3-5-14)13-27-18-9-16(11-24-12-18)15-6-7-20-19(10-15)21(23)26-25-20/h1-7,9-12,17H,8,13,22H2,(H3,23,25,26)/t17-/m1/s1. The zero-order chi connectivity index (χ0) is 18.6. The van der Waals surface area contributed by atoms with E-state index in [1.54, 1.807) is 12.4 Å². The van der Waals surface area contributed by atoms with Crippen molar-refractivity contribution < 1.29 is 4.74 Å². The van der Waals surface area contributed by atoms with Crippen LogP contribution >= 0.6 is 0 Å². The molecule has 136 valence electrons. The lowest BCUT2D eigenvalue weighted by Crippen LogP contribution is -2.30. The number of fused-ring (bicyclic) bond motifs is 1. The van der Waals surface area contributed by atoms with E-state index in [1.165, 1.54) is 5.56 Å². The molecule has 0 saturated carbocycles. The number of hydrogen-bond donors (Lipinski definition) is 3. The fraction of sp³-hybridized carbons (Fsp3) is 0.143. The van der Waals surface area contributed by atoms with Gasteiger partial charge >= 0.3 is 0 Å². The Kier molecular flexibility index (Phi) is 4.72. The van der Waals surface area contributed by atoms with Crippen LogP contribution in [0.4, 0.5) is 5.82 Å². The number of aromatic amines is 1. The van der Waals surface area contributed by atoms with Crippen molar-refractivity contribution in [3.8, 4) is 16.9 Å². The fourth-order valence-electron chi connectivity index (χ4n) is 3.05. The Labute approximate surface area is 157 Å². The van der Waals surface area contributed by atoms with Crippen molar-refractivity contribution in [1.82, 2.24) is 15.2 Å². The van der Waals surface area contributed by atoms with Gasteiger partial charge in [0.1, 0.15) is 12.4 Å². The van der Waals surface area contributed by atoms with Gasteiger partial charge in [-0.3, -0.25) is 10.1 Å². The third-order valence-corrected chi connectivity index (χ3v) is 4.44. The van der Waals surface area contributed by atoms with E-state index >= 15 is 0 Å². The summed E-state index contributed by atoms with van der Waals surface area (Å²) in [7, 11) is 0. The van der Waals surface area contributed by atoms with Gasteiger partial charge in [0.2, 0.25) is 0 Å². The van der Waals surface area contributed by atoms with Crippen LogP contribution in [-0.2, 0) is 6.42 Å². The Hall–Kier alpha value is -3.38. The second-order valence-corrected chi connectivity index (χ2v) is 6.54. The van der Waals surface area contributed by atoms with Crippen molar-refractivity contribution in [1.29, 1.82) is 0 Å². The molecule has 6 nitrogen and oxygen atoms in total. The molecule has 0 aliphatic heterocycles. The number of H-pyrrole nitrogens is 1. The van der Waals surface area contributed by atoms with Crippen LogP contribution in [0.3, 0.4) is 0 Å². The van der Waals surface area contributed by atoms with E-state index in [2.05, 4.69) is 27.3 Å². The van der Waals surface area contributed by atoms with Gasteiger partial charge in [-0.25, -0.2) is 0 Å². The van der Waals surface area contributed by atoms with Gasteiger partial charge in [-0.15, -0.1) is 0 Å². The van der Waals surface area contributed by atoms with E-state index in [4.69, 9.17) is 16.2 Å². The number of anilines is 1. The van der Waals surface area contributed by atoms with E-state index in [0.717, 1.165) is 28.5 Å². The first-order chi connectivity index (χ1) is 13.2. The zero-order valence-electron chi connectivity index (χ0n) is 14.8. The molecule has 0 amide bonds. The minimum Gasteiger partial charge on any atom is -0.490 e. The highest BCUT2D eigenvalue weighted by Gasteiger charge is 2.08. The van der Waals surface area contributed by atoms with Crippen LogP contribution < -0.4 is 16.2 Å². The van der Waals surface area contributed by atoms with Gasteiger partial charge in [0, 0.05) is 23.2 Å². The van der Waals surface area contributed by atoms with E-state index in [0.29, 0.717) is 18.2 Å². The predicted octanol–water partition coefficient (Wildman–Crippen LogP) is 3.16. The zero-order valence-corrected chi connectivity index (χ0v) is 14.8. The molecular weight excluding hydrogens is 338 g/mol. The smallest absolute Gasteiger partial charge is 0.153 e. The summed E-state index contributed by atoms with van der Waals surface area (Å²) in [5, 5.41) is 7.82. The van der Waals surface area contributed by atoms with Crippen molar-refractivity contribution in [2.45, 2.75) is 12.5 Å². The molecule has 2 aromatic carbocycles. The number of benzene rings is 2. The lowest BCUT2D eigenvalue weighted by molar-refractivity contribution is 0.286. The summed E-state index contributed by atoms with van der Waals surface area (Å²) in [4.78, 5) is 4.29. The van der Waals surface area contributed by atoms with Crippen molar-refractivity contribution in [2.24, 2.45) is 5.73 Å². The van der Waals surface area contributed by atoms with Gasteiger partial charge in [-0.1, -0.05) is 36.4 Å². The molecule has 0 aliphatic carbocycles. The molecular formula is C21H21N5O. The van der Waals surface area contributed by atoms with Crippen LogP contribution in [0.2, 0.25) is 0 Å². The van der Waals surface area contributed by atoms with E-state index in [-0.39, 0.29) is 6.04 Å². The van der Waals surface area contributed by atoms with Gasteiger partial charge in [-0.2, -0.15) is 5.10 Å². The first-order valence-corrected chi connectivity index (χ1v) is 8.80. The predicted molar refractivity (Wildman–Crippen MR) is 107 cm³/mol. The number of nitrogens with zero attached hydrogens (tertiary/aromatic N) is 2. The second-order valence-electron chi connectivity index (χ2n) is 6.54. The lowest BCUT2D eigenvalue weighted by atomic mass is 10.1. The molecule has 0 saturated heterocycles. The largest absolute Gasteiger partial charge is 0.490 e. The molecule has 0 bridgehead atoms. The molecule has 0 unspecified atom stereocenters. The minimum absolute atomic E-state index is 0.0851. The number of hydrogen-bond acceptors (Lipinski definition) is 5. The van der Waals surface area contributed by atoms with Gasteiger partial charge in [0.15, 0.2) is 5.82 Å². The Morgan fingerprint density at radius 1 is 1.00 bits per heavy atom. The number of rotatable bonds is 6. The molecule has 4 aromatic rings. The van der Waals surface area contributed by atoms with Crippen LogP contribution in [0.15, 0.2) is 67.0 Å². The number of ether oxygens (including phenoxy) is 1. The highest BCUT2D eigenvalue weighted by molar-refractivity contribution is 5.92. The Morgan fingerprint density at radius 3 is 2.70 bits per heavy atom. The molecule has 1 atom stereocenters. The van der Waals surface area contributed by atoms with Crippen molar-refractivity contribution >= 4 is 16.7 Å². The van der Waals surface area contributed by atoms with E-state index < -0.39 is 0 Å². The Morgan fingerprint density at radius 2 is 1.85 bits per heavy atom. The second kappa shape index (κ2) is 7.47. The van der Waals surface area contributed by atoms with E-state index in [1.807, 2.05) is 42.5 Å². The summed E-state index contributed by atoms with van der Waals surface area (Å²) in [5.41, 5.74) is 16.2. The summed E-state index contributed by atoms with van der Waals surface area (Å²) in [6.45, 7) is 0.424. The molecule has 0 radical (unpaired) electrons. The number of nitrogen functional groups attached to an aromatic ring is 1. The monoisotopic (exact) mass is 359 g/mol. The van der Waals surface area contributed by atoms with Gasteiger partial charge in [-0.05, 0) is 35.7 Å². The molecule has 2 aromatic heterocycles. The molecule has 27 heavy (non-hydrogen) atoms. The van der Waals surface area contributed by atoms with E-state index in [9.17, 15) is 0 Å². The number of nitrogens with one attached hydrogen (secondary N) is 1. The molecule has 0 spiro atoms. The molecule has 6 heteroatoms. The highest BCUT2D eigenvalue weighted by Crippen LogP contribution is 2.27. The third-order valence-electron chi connectivity index (χ3n) is 4.44. The molecule has 5 N–H and O–H groups in total. The van der Waals surface area contributed by atoms with Crippen LogP contribution in [0.5, 0.6) is 5.75 Å². The van der Waals surface area contributed by atoms with Crippen molar-refractivity contribution in [2.75, 3.05) is 12.3 Å². The Bertz CT molecular complexity index is 1040. The van der Waals surface area contributed by atoms with Crippen molar-refractivity contribution in [3.05, 3.63) is 72.6 Å². The van der Waals surface area contributed by atoms with Crippen LogP contribution in [-0.4, -0.2) is 27.8 Å². The average Bonchev–Trinajstić information content (AvgIpc) is 3.08. The number of pyridine rings is 1. The first-order valence-electron chi connectivity index (χ1n) is 8.80. The first kappa shape index (κ1) is 17.1. The molecule has 2 heterocycles. The topological polar surface area (TPSA) is 103 Å². The summed E-state index contributed by atoms with van der Waals surface area (Å²) < 4.78 is 5.87. The SMILES string of the molecule is Nc1n[nH]c2ccc(-c3cncc(OC[C@H](N)Cc4ccccc4)c3)cc12. The average molecular weight is 359 g/mol. The Balaban J connectivity index is 1.46.